The second-order valence-electron chi connectivity index (χ2n) is 5.82. The minimum atomic E-state index is -1.01. The van der Waals surface area contributed by atoms with Gasteiger partial charge in [0.1, 0.15) is 0 Å². The molecule has 2 aromatic carbocycles. The van der Waals surface area contributed by atoms with Crippen LogP contribution in [0.25, 0.3) is 0 Å². The number of amides is 2. The molecule has 0 saturated heterocycles. The summed E-state index contributed by atoms with van der Waals surface area (Å²) in [7, 11) is 1.50. The zero-order valence-electron chi connectivity index (χ0n) is 15.9. The summed E-state index contributed by atoms with van der Waals surface area (Å²) >= 11 is 0. The smallest absolute Gasteiger partial charge is 0.344 e. The summed E-state index contributed by atoms with van der Waals surface area (Å²) in [6.07, 6.45) is -1.01. The van der Waals surface area contributed by atoms with E-state index < -0.39 is 18.0 Å². The molecule has 0 bridgehead atoms. The third-order valence-corrected chi connectivity index (χ3v) is 3.56. The minimum Gasteiger partial charge on any atom is -0.493 e. The number of methoxy groups -OCH3 is 1. The van der Waals surface area contributed by atoms with Crippen molar-refractivity contribution in [3.05, 3.63) is 48.5 Å². The van der Waals surface area contributed by atoms with E-state index in [4.69, 9.17) is 14.2 Å². The first-order chi connectivity index (χ1) is 13.4. The molecule has 2 amide bonds. The third-order valence-electron chi connectivity index (χ3n) is 3.56. The number of carbonyl (C=O) groups is 3. The molecule has 148 valence electrons. The fourth-order valence-electron chi connectivity index (χ4n) is 2.24. The molecule has 0 aliphatic heterocycles. The first-order valence-corrected chi connectivity index (χ1v) is 8.53. The van der Waals surface area contributed by atoms with Crippen molar-refractivity contribution in [3.63, 3.8) is 0 Å². The van der Waals surface area contributed by atoms with Gasteiger partial charge >= 0.3 is 5.97 Å². The average molecular weight is 386 g/mol. The summed E-state index contributed by atoms with van der Waals surface area (Å²) < 4.78 is 15.6. The van der Waals surface area contributed by atoms with Crippen LogP contribution in [0.1, 0.15) is 13.8 Å². The van der Waals surface area contributed by atoms with Gasteiger partial charge in [0, 0.05) is 18.3 Å². The summed E-state index contributed by atoms with van der Waals surface area (Å²) in [5.74, 6) is -0.470. The second kappa shape index (κ2) is 9.96. The van der Waals surface area contributed by atoms with Crippen molar-refractivity contribution >= 4 is 29.2 Å². The largest absolute Gasteiger partial charge is 0.493 e. The second-order valence-corrected chi connectivity index (χ2v) is 5.82. The van der Waals surface area contributed by atoms with Crippen molar-refractivity contribution in [1.82, 2.24) is 0 Å². The van der Waals surface area contributed by atoms with Crippen LogP contribution < -0.4 is 20.1 Å². The lowest BCUT2D eigenvalue weighted by Gasteiger charge is -2.15. The fraction of sp³-hybridized carbons (Fsp3) is 0.250. The highest BCUT2D eigenvalue weighted by atomic mass is 16.6. The molecule has 0 aliphatic rings. The molecule has 0 unspecified atom stereocenters. The first kappa shape index (κ1) is 20.8. The monoisotopic (exact) mass is 386 g/mol. The number of ether oxygens (including phenoxy) is 3. The Balaban J connectivity index is 1.82. The summed E-state index contributed by atoms with van der Waals surface area (Å²) in [4.78, 5) is 35.1. The van der Waals surface area contributed by atoms with Crippen molar-refractivity contribution < 1.29 is 28.6 Å². The van der Waals surface area contributed by atoms with Crippen LogP contribution in [0.3, 0.4) is 0 Å². The van der Waals surface area contributed by atoms with E-state index in [0.29, 0.717) is 22.9 Å². The van der Waals surface area contributed by atoms with E-state index in [1.165, 1.54) is 21.0 Å². The molecule has 0 spiro atoms. The van der Waals surface area contributed by atoms with E-state index in [9.17, 15) is 14.4 Å². The number of benzene rings is 2. The van der Waals surface area contributed by atoms with Crippen LogP contribution >= 0.6 is 0 Å². The lowest BCUT2D eigenvalue weighted by molar-refractivity contribution is -0.155. The highest BCUT2D eigenvalue weighted by Crippen LogP contribution is 2.25. The zero-order chi connectivity index (χ0) is 20.5. The normalized spacial score (nSPS) is 11.1. The third kappa shape index (κ3) is 6.31. The van der Waals surface area contributed by atoms with E-state index in [0.717, 1.165) is 0 Å². The van der Waals surface area contributed by atoms with Crippen molar-refractivity contribution in [2.24, 2.45) is 0 Å². The van der Waals surface area contributed by atoms with Gasteiger partial charge < -0.3 is 24.8 Å². The zero-order valence-corrected chi connectivity index (χ0v) is 15.9. The van der Waals surface area contributed by atoms with Gasteiger partial charge in [-0.3, -0.25) is 9.59 Å². The Kier molecular flexibility index (Phi) is 7.38. The Labute approximate surface area is 162 Å². The molecule has 8 heteroatoms. The molecule has 0 aromatic heterocycles. The van der Waals surface area contributed by atoms with Gasteiger partial charge in [-0.1, -0.05) is 12.1 Å². The summed E-state index contributed by atoms with van der Waals surface area (Å²) in [6, 6.07) is 13.4. The number of hydrogen-bond acceptors (Lipinski definition) is 6. The lowest BCUT2D eigenvalue weighted by Crippen LogP contribution is -2.31. The molecule has 0 radical (unpaired) electrons. The van der Waals surface area contributed by atoms with E-state index >= 15 is 0 Å². The number of carbonyl (C=O) groups excluding carboxylic acids is 3. The van der Waals surface area contributed by atoms with Gasteiger partial charge in [0.25, 0.3) is 5.91 Å². The highest BCUT2D eigenvalue weighted by molar-refractivity contribution is 5.95. The van der Waals surface area contributed by atoms with E-state index in [2.05, 4.69) is 10.6 Å². The predicted molar refractivity (Wildman–Crippen MR) is 103 cm³/mol. The summed E-state index contributed by atoms with van der Waals surface area (Å²) in [6.45, 7) is 2.51. The lowest BCUT2D eigenvalue weighted by atomic mass is 10.2. The Hall–Kier alpha value is -3.55. The van der Waals surface area contributed by atoms with Gasteiger partial charge in [-0.25, -0.2) is 4.79 Å². The molecular formula is C20H22N2O6. The van der Waals surface area contributed by atoms with Crippen LogP contribution in [-0.4, -0.2) is 37.6 Å². The van der Waals surface area contributed by atoms with Crippen molar-refractivity contribution in [2.75, 3.05) is 24.4 Å². The van der Waals surface area contributed by atoms with Gasteiger partial charge in [0.2, 0.25) is 5.91 Å². The molecule has 2 rings (SSSR count). The Morgan fingerprint density at radius 3 is 2.07 bits per heavy atom. The number of rotatable bonds is 8. The van der Waals surface area contributed by atoms with Crippen LogP contribution in [0.4, 0.5) is 11.4 Å². The number of anilines is 2. The quantitative estimate of drug-likeness (QED) is 0.676. The fourth-order valence-corrected chi connectivity index (χ4v) is 2.24. The molecule has 0 heterocycles. The van der Waals surface area contributed by atoms with Crippen molar-refractivity contribution in [3.8, 4) is 11.5 Å². The SMILES string of the molecule is COc1ccccc1OCC(=O)O[C@H](C)C(=O)Nc1ccc(NC(C)=O)cc1. The first-order valence-electron chi connectivity index (χ1n) is 8.53. The highest BCUT2D eigenvalue weighted by Gasteiger charge is 2.18. The maximum atomic E-state index is 12.2. The Morgan fingerprint density at radius 1 is 0.929 bits per heavy atom. The maximum Gasteiger partial charge on any atom is 0.344 e. The van der Waals surface area contributed by atoms with Crippen molar-refractivity contribution in [1.29, 1.82) is 0 Å². The Morgan fingerprint density at radius 2 is 1.50 bits per heavy atom. The van der Waals surface area contributed by atoms with Crippen LogP contribution in [0.2, 0.25) is 0 Å². The number of para-hydroxylation sites is 2. The average Bonchev–Trinajstić information content (AvgIpc) is 2.67. The number of hydrogen-bond donors (Lipinski definition) is 2. The van der Waals surface area contributed by atoms with Crippen LogP contribution in [0.15, 0.2) is 48.5 Å². The molecular weight excluding hydrogens is 364 g/mol. The molecule has 2 aromatic rings. The summed E-state index contributed by atoms with van der Waals surface area (Å²) in [5.41, 5.74) is 1.12. The number of esters is 1. The van der Waals surface area contributed by atoms with Crippen molar-refractivity contribution in [2.45, 2.75) is 20.0 Å². The molecule has 0 aliphatic carbocycles. The molecule has 28 heavy (non-hydrogen) atoms. The van der Waals surface area contributed by atoms with Crippen LogP contribution in [0.5, 0.6) is 11.5 Å². The van der Waals surface area contributed by atoms with Gasteiger partial charge in [-0.15, -0.1) is 0 Å². The van der Waals surface area contributed by atoms with Gasteiger partial charge in [-0.05, 0) is 43.3 Å². The van der Waals surface area contributed by atoms with Crippen LogP contribution in [0, 0.1) is 0 Å². The van der Waals surface area contributed by atoms with E-state index in [1.54, 1.807) is 48.5 Å². The molecule has 0 saturated carbocycles. The topological polar surface area (TPSA) is 103 Å². The molecule has 8 nitrogen and oxygen atoms in total. The van der Waals surface area contributed by atoms with Gasteiger partial charge in [-0.2, -0.15) is 0 Å². The standard InChI is InChI=1S/C20H22N2O6/c1-13(20(25)22-16-10-8-15(9-11-16)21-14(2)23)28-19(24)12-27-18-7-5-4-6-17(18)26-3/h4-11,13H,12H2,1-3H3,(H,21,23)(H,22,25)/t13-/m1/s1. The van der Waals surface area contributed by atoms with E-state index in [-0.39, 0.29) is 12.5 Å². The molecule has 0 fully saturated rings. The predicted octanol–water partition coefficient (Wildman–Crippen LogP) is 2.60. The van der Waals surface area contributed by atoms with Gasteiger partial charge in [0.15, 0.2) is 24.2 Å². The van der Waals surface area contributed by atoms with Gasteiger partial charge in [0.05, 0.1) is 7.11 Å². The Bertz CT molecular complexity index is 835. The minimum absolute atomic E-state index is 0.187. The molecule has 2 N–H and O–H groups in total. The van der Waals surface area contributed by atoms with E-state index in [1.807, 2.05) is 0 Å². The van der Waals surface area contributed by atoms with Crippen LogP contribution in [-0.2, 0) is 19.1 Å². The molecule has 1 atom stereocenters. The number of nitrogens with one attached hydrogen (secondary N) is 2. The summed E-state index contributed by atoms with van der Waals surface area (Å²) in [5, 5.41) is 5.26. The maximum absolute atomic E-state index is 12.2.